The second kappa shape index (κ2) is 6.93. The first kappa shape index (κ1) is 15.1. The molecule has 0 bridgehead atoms. The summed E-state index contributed by atoms with van der Waals surface area (Å²) in [7, 11) is 0. The molecule has 1 aromatic rings. The lowest BCUT2D eigenvalue weighted by Gasteiger charge is -2.26. The summed E-state index contributed by atoms with van der Waals surface area (Å²) < 4.78 is 0. The number of nitrogens with zero attached hydrogens (tertiary/aromatic N) is 1. The second-order valence-electron chi connectivity index (χ2n) is 6.96. The molecule has 0 spiro atoms. The Morgan fingerprint density at radius 2 is 1.71 bits per heavy atom. The Labute approximate surface area is 129 Å². The highest BCUT2D eigenvalue weighted by Gasteiger charge is 2.19. The number of hydrogen-bond donors (Lipinski definition) is 1. The van der Waals surface area contributed by atoms with Gasteiger partial charge in [-0.1, -0.05) is 18.2 Å². The number of aryl methyl sites for hydroxylation is 2. The van der Waals surface area contributed by atoms with E-state index in [1.807, 2.05) is 0 Å². The zero-order valence-corrected chi connectivity index (χ0v) is 13.7. The average Bonchev–Trinajstić information content (AvgIpc) is 3.06. The molecule has 1 N–H and O–H groups in total. The fourth-order valence-electron chi connectivity index (χ4n) is 3.80. The Balaban J connectivity index is 1.56. The topological polar surface area (TPSA) is 15.3 Å². The summed E-state index contributed by atoms with van der Waals surface area (Å²) in [6.45, 7) is 8.34. The van der Waals surface area contributed by atoms with E-state index in [1.54, 1.807) is 11.1 Å². The molecule has 3 rings (SSSR count). The number of nitrogens with one attached hydrogen (secondary N) is 1. The lowest BCUT2D eigenvalue weighted by Crippen LogP contribution is -2.39. The van der Waals surface area contributed by atoms with Crippen LogP contribution in [0, 0.1) is 0 Å². The molecule has 2 atom stereocenters. The van der Waals surface area contributed by atoms with Crippen molar-refractivity contribution < 1.29 is 0 Å². The molecule has 21 heavy (non-hydrogen) atoms. The summed E-state index contributed by atoms with van der Waals surface area (Å²) in [5, 5.41) is 3.74. The molecular weight excluding hydrogens is 256 g/mol. The Kier molecular flexibility index (Phi) is 4.97. The van der Waals surface area contributed by atoms with E-state index in [1.165, 1.54) is 57.2 Å². The van der Waals surface area contributed by atoms with E-state index < -0.39 is 0 Å². The fourth-order valence-corrected chi connectivity index (χ4v) is 3.80. The maximum absolute atomic E-state index is 3.74. The highest BCUT2D eigenvalue weighted by Crippen LogP contribution is 2.24. The Hall–Kier alpha value is -0.860. The minimum absolute atomic E-state index is 0.460. The van der Waals surface area contributed by atoms with Gasteiger partial charge >= 0.3 is 0 Å². The van der Waals surface area contributed by atoms with E-state index in [-0.39, 0.29) is 0 Å². The second-order valence-corrected chi connectivity index (χ2v) is 6.96. The zero-order chi connectivity index (χ0) is 14.7. The summed E-state index contributed by atoms with van der Waals surface area (Å²) in [4.78, 5) is 2.62. The first-order chi connectivity index (χ1) is 10.2. The molecule has 0 saturated carbocycles. The molecule has 2 aliphatic rings. The highest BCUT2D eigenvalue weighted by atomic mass is 15.2. The Morgan fingerprint density at radius 3 is 2.48 bits per heavy atom. The quantitative estimate of drug-likeness (QED) is 0.888. The number of benzene rings is 1. The van der Waals surface area contributed by atoms with Crippen molar-refractivity contribution in [2.45, 2.75) is 64.5 Å². The predicted molar refractivity (Wildman–Crippen MR) is 89.8 cm³/mol. The molecule has 0 amide bonds. The van der Waals surface area contributed by atoms with Gasteiger partial charge in [-0.2, -0.15) is 0 Å². The van der Waals surface area contributed by atoms with Gasteiger partial charge in [0.15, 0.2) is 0 Å². The van der Waals surface area contributed by atoms with Crippen LogP contribution in [-0.4, -0.2) is 30.6 Å². The predicted octanol–water partition coefficient (Wildman–Crippen LogP) is 3.70. The van der Waals surface area contributed by atoms with Gasteiger partial charge in [0.2, 0.25) is 0 Å². The van der Waals surface area contributed by atoms with Crippen LogP contribution in [0.3, 0.4) is 0 Å². The van der Waals surface area contributed by atoms with E-state index >= 15 is 0 Å². The minimum atomic E-state index is 0.460. The molecule has 0 radical (unpaired) electrons. The van der Waals surface area contributed by atoms with Crippen molar-refractivity contribution in [2.24, 2.45) is 0 Å². The lowest BCUT2D eigenvalue weighted by molar-refractivity contribution is 0.247. The molecule has 2 unspecified atom stereocenters. The van der Waals surface area contributed by atoms with Gasteiger partial charge in [0.1, 0.15) is 0 Å². The normalized spacial score (nSPS) is 22.0. The summed E-state index contributed by atoms with van der Waals surface area (Å²) in [5.41, 5.74) is 4.65. The van der Waals surface area contributed by atoms with Crippen LogP contribution in [0.5, 0.6) is 0 Å². The van der Waals surface area contributed by atoms with Crippen LogP contribution in [0.1, 0.15) is 62.3 Å². The average molecular weight is 286 g/mol. The standard InChI is InChI=1S/C19H30N2/c1-15(21-11-5-6-12-21)14-20-16(2)18-10-9-17-7-3-4-8-19(17)13-18/h9-10,13,15-16,20H,3-8,11-12,14H2,1-2H3. The Morgan fingerprint density at radius 1 is 1.00 bits per heavy atom. The van der Waals surface area contributed by atoms with Gasteiger partial charge < -0.3 is 5.32 Å². The summed E-state index contributed by atoms with van der Waals surface area (Å²) >= 11 is 0. The summed E-state index contributed by atoms with van der Waals surface area (Å²) in [6, 6.07) is 8.27. The molecule has 0 aromatic heterocycles. The van der Waals surface area contributed by atoms with Crippen LogP contribution < -0.4 is 5.32 Å². The third kappa shape index (κ3) is 3.67. The van der Waals surface area contributed by atoms with E-state index in [0.29, 0.717) is 12.1 Å². The molecule has 116 valence electrons. The van der Waals surface area contributed by atoms with E-state index in [2.05, 4.69) is 42.3 Å². The first-order valence-corrected chi connectivity index (χ1v) is 8.83. The van der Waals surface area contributed by atoms with Gasteiger partial charge in [0.05, 0.1) is 0 Å². The first-order valence-electron chi connectivity index (χ1n) is 8.83. The Bertz CT molecular complexity index is 463. The van der Waals surface area contributed by atoms with E-state index in [0.717, 1.165) is 6.54 Å². The van der Waals surface area contributed by atoms with Crippen LogP contribution >= 0.6 is 0 Å². The largest absolute Gasteiger partial charge is 0.309 e. The molecule has 2 heteroatoms. The van der Waals surface area contributed by atoms with Crippen molar-refractivity contribution in [3.63, 3.8) is 0 Å². The highest BCUT2D eigenvalue weighted by molar-refractivity contribution is 5.35. The maximum Gasteiger partial charge on any atom is 0.0292 e. The van der Waals surface area contributed by atoms with Crippen molar-refractivity contribution in [2.75, 3.05) is 19.6 Å². The molecule has 1 saturated heterocycles. The number of likely N-dealkylation sites (tertiary alicyclic amines) is 1. The van der Waals surface area contributed by atoms with Gasteiger partial charge in [-0.3, -0.25) is 4.90 Å². The van der Waals surface area contributed by atoms with Crippen LogP contribution in [-0.2, 0) is 12.8 Å². The fraction of sp³-hybridized carbons (Fsp3) is 0.684. The maximum atomic E-state index is 3.74. The van der Waals surface area contributed by atoms with E-state index in [4.69, 9.17) is 0 Å². The summed E-state index contributed by atoms with van der Waals surface area (Å²) in [6.07, 6.45) is 8.05. The third-order valence-corrected chi connectivity index (χ3v) is 5.36. The van der Waals surface area contributed by atoms with Gasteiger partial charge in [0, 0.05) is 18.6 Å². The van der Waals surface area contributed by atoms with Gasteiger partial charge in [-0.25, -0.2) is 0 Å². The van der Waals surface area contributed by atoms with Crippen LogP contribution in [0.15, 0.2) is 18.2 Å². The SMILES string of the molecule is CC(NCC(C)N1CCCC1)c1ccc2c(c1)CCCC2. The molecular formula is C19H30N2. The van der Waals surface area contributed by atoms with Crippen LogP contribution in [0.2, 0.25) is 0 Å². The molecule has 2 nitrogen and oxygen atoms in total. The van der Waals surface area contributed by atoms with Crippen LogP contribution in [0.25, 0.3) is 0 Å². The number of hydrogen-bond acceptors (Lipinski definition) is 2. The molecule has 1 fully saturated rings. The summed E-state index contributed by atoms with van der Waals surface area (Å²) in [5.74, 6) is 0. The minimum Gasteiger partial charge on any atom is -0.309 e. The van der Waals surface area contributed by atoms with Gasteiger partial charge in [-0.15, -0.1) is 0 Å². The van der Waals surface area contributed by atoms with Crippen molar-refractivity contribution in [1.82, 2.24) is 10.2 Å². The monoisotopic (exact) mass is 286 g/mol. The van der Waals surface area contributed by atoms with Crippen molar-refractivity contribution in [1.29, 1.82) is 0 Å². The van der Waals surface area contributed by atoms with Gasteiger partial charge in [-0.05, 0) is 82.2 Å². The molecule has 1 aliphatic heterocycles. The van der Waals surface area contributed by atoms with E-state index in [9.17, 15) is 0 Å². The van der Waals surface area contributed by atoms with Crippen molar-refractivity contribution in [3.8, 4) is 0 Å². The third-order valence-electron chi connectivity index (χ3n) is 5.36. The van der Waals surface area contributed by atoms with Gasteiger partial charge in [0.25, 0.3) is 0 Å². The molecule has 1 aromatic carbocycles. The zero-order valence-electron chi connectivity index (χ0n) is 13.7. The van der Waals surface area contributed by atoms with Crippen molar-refractivity contribution in [3.05, 3.63) is 34.9 Å². The lowest BCUT2D eigenvalue weighted by atomic mass is 9.89. The molecule has 1 aliphatic carbocycles. The smallest absolute Gasteiger partial charge is 0.0292 e. The van der Waals surface area contributed by atoms with Crippen molar-refractivity contribution >= 4 is 0 Å². The molecule has 1 heterocycles. The number of fused-ring (bicyclic) bond motifs is 1. The van der Waals surface area contributed by atoms with Crippen LogP contribution in [0.4, 0.5) is 0 Å². The number of rotatable bonds is 5.